The molecule has 0 radical (unpaired) electrons. The van der Waals surface area contributed by atoms with Gasteiger partial charge in [-0.25, -0.2) is 0 Å². The first-order valence-electron chi connectivity index (χ1n) is 9.06. The third-order valence-electron chi connectivity index (χ3n) is 4.52. The standard InChI is InChI=1S/C24H19ClN2O/c25-20-11-12-23-19(14-20)15-21(27-23)16-26-24(28)22(18-9-5-2-6-10-18)13-17-7-3-1-4-8-17/h1-15,27H,16H2,(H,26,28). The number of benzene rings is 3. The number of aromatic amines is 1. The average Bonchev–Trinajstić information content (AvgIpc) is 3.13. The Morgan fingerprint density at radius 3 is 2.39 bits per heavy atom. The van der Waals surface area contributed by atoms with Gasteiger partial charge < -0.3 is 10.3 Å². The lowest BCUT2D eigenvalue weighted by Crippen LogP contribution is -2.24. The zero-order valence-corrected chi connectivity index (χ0v) is 15.9. The Hall–Kier alpha value is -3.30. The van der Waals surface area contributed by atoms with Crippen molar-refractivity contribution in [2.24, 2.45) is 0 Å². The first-order chi connectivity index (χ1) is 13.7. The van der Waals surface area contributed by atoms with Crippen molar-refractivity contribution in [1.29, 1.82) is 0 Å². The molecule has 3 aromatic carbocycles. The number of amides is 1. The van der Waals surface area contributed by atoms with Gasteiger partial charge in [0.05, 0.1) is 6.54 Å². The number of fused-ring (bicyclic) bond motifs is 1. The number of halogens is 1. The van der Waals surface area contributed by atoms with Crippen LogP contribution in [0.1, 0.15) is 16.8 Å². The molecule has 1 amide bonds. The summed E-state index contributed by atoms with van der Waals surface area (Å²) in [5.41, 5.74) is 4.42. The number of rotatable bonds is 5. The Kier molecular flexibility index (Phi) is 5.27. The molecule has 0 aliphatic rings. The van der Waals surface area contributed by atoms with Gasteiger partial charge in [0.2, 0.25) is 0 Å². The van der Waals surface area contributed by atoms with Gasteiger partial charge in [0.15, 0.2) is 0 Å². The van der Waals surface area contributed by atoms with Gasteiger partial charge >= 0.3 is 0 Å². The fraction of sp³-hybridized carbons (Fsp3) is 0.0417. The van der Waals surface area contributed by atoms with Gasteiger partial charge in [0.1, 0.15) is 0 Å². The molecule has 0 aliphatic carbocycles. The van der Waals surface area contributed by atoms with E-state index >= 15 is 0 Å². The number of hydrogen-bond donors (Lipinski definition) is 2. The van der Waals surface area contributed by atoms with Crippen LogP contribution in [0.3, 0.4) is 0 Å². The first kappa shape index (κ1) is 18.1. The van der Waals surface area contributed by atoms with E-state index in [1.807, 2.05) is 91.0 Å². The lowest BCUT2D eigenvalue weighted by molar-refractivity contribution is -0.115. The number of H-pyrrole nitrogens is 1. The highest BCUT2D eigenvalue weighted by Crippen LogP contribution is 2.21. The van der Waals surface area contributed by atoms with Crippen LogP contribution in [0, 0.1) is 0 Å². The minimum Gasteiger partial charge on any atom is -0.357 e. The fourth-order valence-electron chi connectivity index (χ4n) is 3.14. The van der Waals surface area contributed by atoms with Gasteiger partial charge in [-0.05, 0) is 41.5 Å². The fourth-order valence-corrected chi connectivity index (χ4v) is 3.32. The van der Waals surface area contributed by atoms with Crippen molar-refractivity contribution >= 4 is 40.1 Å². The zero-order valence-electron chi connectivity index (χ0n) is 15.2. The summed E-state index contributed by atoms with van der Waals surface area (Å²) in [7, 11) is 0. The van der Waals surface area contributed by atoms with Crippen LogP contribution < -0.4 is 5.32 Å². The summed E-state index contributed by atoms with van der Waals surface area (Å²) in [4.78, 5) is 16.3. The van der Waals surface area contributed by atoms with Crippen molar-refractivity contribution in [2.75, 3.05) is 0 Å². The molecule has 1 heterocycles. The molecule has 0 bridgehead atoms. The molecule has 0 saturated heterocycles. The molecule has 0 aliphatic heterocycles. The van der Waals surface area contributed by atoms with Crippen molar-refractivity contribution in [2.45, 2.75) is 6.54 Å². The molecule has 4 rings (SSSR count). The minimum absolute atomic E-state index is 0.119. The highest BCUT2D eigenvalue weighted by molar-refractivity contribution is 6.31. The molecule has 4 heteroatoms. The van der Waals surface area contributed by atoms with Crippen molar-refractivity contribution in [3.8, 4) is 0 Å². The van der Waals surface area contributed by atoms with Gasteiger partial charge in [-0.2, -0.15) is 0 Å². The van der Waals surface area contributed by atoms with Crippen LogP contribution in [-0.2, 0) is 11.3 Å². The van der Waals surface area contributed by atoms with E-state index in [1.165, 1.54) is 0 Å². The minimum atomic E-state index is -0.119. The molecule has 0 atom stereocenters. The number of carbonyl (C=O) groups is 1. The quantitative estimate of drug-likeness (QED) is 0.336. The van der Waals surface area contributed by atoms with Crippen LogP contribution in [0.4, 0.5) is 0 Å². The van der Waals surface area contributed by atoms with Gasteiger partial charge in [-0.3, -0.25) is 4.79 Å². The Balaban J connectivity index is 1.57. The van der Waals surface area contributed by atoms with Crippen molar-refractivity contribution < 1.29 is 4.79 Å². The van der Waals surface area contributed by atoms with E-state index in [9.17, 15) is 4.79 Å². The second-order valence-electron chi connectivity index (χ2n) is 6.54. The second kappa shape index (κ2) is 8.15. The molecule has 2 N–H and O–H groups in total. The lowest BCUT2D eigenvalue weighted by Gasteiger charge is -2.09. The molecule has 0 spiro atoms. The van der Waals surface area contributed by atoms with Crippen LogP contribution >= 0.6 is 11.6 Å². The van der Waals surface area contributed by atoms with E-state index < -0.39 is 0 Å². The maximum absolute atomic E-state index is 13.0. The maximum atomic E-state index is 13.0. The van der Waals surface area contributed by atoms with Gasteiger partial charge in [-0.15, -0.1) is 0 Å². The molecule has 1 aromatic heterocycles. The first-order valence-corrected chi connectivity index (χ1v) is 9.44. The van der Waals surface area contributed by atoms with E-state index in [4.69, 9.17) is 11.6 Å². The van der Waals surface area contributed by atoms with Gasteiger partial charge in [0.25, 0.3) is 5.91 Å². The van der Waals surface area contributed by atoms with E-state index in [-0.39, 0.29) is 5.91 Å². The molecule has 3 nitrogen and oxygen atoms in total. The summed E-state index contributed by atoms with van der Waals surface area (Å²) in [5.74, 6) is -0.119. The Morgan fingerprint density at radius 1 is 0.929 bits per heavy atom. The van der Waals surface area contributed by atoms with E-state index in [2.05, 4.69) is 10.3 Å². The smallest absolute Gasteiger partial charge is 0.252 e. The van der Waals surface area contributed by atoms with Crippen LogP contribution in [0.5, 0.6) is 0 Å². The van der Waals surface area contributed by atoms with Gasteiger partial charge in [0, 0.05) is 27.2 Å². The number of hydrogen-bond acceptors (Lipinski definition) is 1. The van der Waals surface area contributed by atoms with Crippen molar-refractivity contribution in [3.05, 3.63) is 107 Å². The summed E-state index contributed by atoms with van der Waals surface area (Å²) in [5, 5.41) is 4.74. The monoisotopic (exact) mass is 386 g/mol. The van der Waals surface area contributed by atoms with Crippen LogP contribution in [-0.4, -0.2) is 10.9 Å². The predicted molar refractivity (Wildman–Crippen MR) is 116 cm³/mol. The predicted octanol–water partition coefficient (Wildman–Crippen LogP) is 5.68. The Bertz CT molecular complexity index is 1130. The topological polar surface area (TPSA) is 44.9 Å². The normalized spacial score (nSPS) is 11.5. The summed E-state index contributed by atoms with van der Waals surface area (Å²) < 4.78 is 0. The Labute approximate surface area is 168 Å². The molecule has 4 aromatic rings. The highest BCUT2D eigenvalue weighted by Gasteiger charge is 2.12. The maximum Gasteiger partial charge on any atom is 0.252 e. The molecule has 138 valence electrons. The third-order valence-corrected chi connectivity index (χ3v) is 4.75. The van der Waals surface area contributed by atoms with Crippen LogP contribution in [0.15, 0.2) is 84.9 Å². The molecule has 28 heavy (non-hydrogen) atoms. The average molecular weight is 387 g/mol. The second-order valence-corrected chi connectivity index (χ2v) is 6.98. The largest absolute Gasteiger partial charge is 0.357 e. The molecule has 0 saturated carbocycles. The SMILES string of the molecule is O=C(NCc1cc2cc(Cl)ccc2[nH]1)C(=Cc1ccccc1)c1ccccc1. The summed E-state index contributed by atoms with van der Waals surface area (Å²) >= 11 is 6.05. The van der Waals surface area contributed by atoms with Crippen LogP contribution in [0.25, 0.3) is 22.6 Å². The third kappa shape index (κ3) is 4.16. The van der Waals surface area contributed by atoms with Crippen LogP contribution in [0.2, 0.25) is 5.02 Å². The number of aromatic nitrogens is 1. The number of nitrogens with one attached hydrogen (secondary N) is 2. The van der Waals surface area contributed by atoms with E-state index in [0.29, 0.717) is 17.1 Å². The van der Waals surface area contributed by atoms with E-state index in [0.717, 1.165) is 27.7 Å². The van der Waals surface area contributed by atoms with Crippen molar-refractivity contribution in [1.82, 2.24) is 10.3 Å². The van der Waals surface area contributed by atoms with Gasteiger partial charge in [-0.1, -0.05) is 72.3 Å². The molecular weight excluding hydrogens is 368 g/mol. The lowest BCUT2D eigenvalue weighted by atomic mass is 10.0. The highest BCUT2D eigenvalue weighted by atomic mass is 35.5. The zero-order chi connectivity index (χ0) is 19.3. The molecule has 0 fully saturated rings. The van der Waals surface area contributed by atoms with Crippen molar-refractivity contribution in [3.63, 3.8) is 0 Å². The molecular formula is C24H19ClN2O. The van der Waals surface area contributed by atoms with E-state index in [1.54, 1.807) is 0 Å². The Morgan fingerprint density at radius 2 is 1.64 bits per heavy atom. The number of carbonyl (C=O) groups excluding carboxylic acids is 1. The molecule has 0 unspecified atom stereocenters. The summed E-state index contributed by atoms with van der Waals surface area (Å²) in [6.07, 6.45) is 1.91. The summed E-state index contributed by atoms with van der Waals surface area (Å²) in [6, 6.07) is 27.2. The summed E-state index contributed by atoms with van der Waals surface area (Å²) in [6.45, 7) is 0.407.